The van der Waals surface area contributed by atoms with Crippen molar-refractivity contribution in [2.75, 3.05) is 0 Å². The number of nitrogens with zero attached hydrogens (tertiary/aromatic N) is 2. The summed E-state index contributed by atoms with van der Waals surface area (Å²) >= 11 is 6.24. The molecule has 0 radical (unpaired) electrons. The van der Waals surface area contributed by atoms with Gasteiger partial charge in [-0.05, 0) is 24.1 Å². The molecule has 1 aromatic heterocycles. The molecule has 0 aliphatic heterocycles. The van der Waals surface area contributed by atoms with Crippen molar-refractivity contribution >= 4 is 22.5 Å². The van der Waals surface area contributed by atoms with E-state index in [9.17, 15) is 0 Å². The molecule has 0 saturated heterocycles. The number of aromatic nitrogens is 2. The highest BCUT2D eigenvalue weighted by Gasteiger charge is 2.19. The average Bonchev–Trinajstić information content (AvgIpc) is 2.84. The van der Waals surface area contributed by atoms with Crippen molar-refractivity contribution in [3.8, 4) is 0 Å². The zero-order valence-electron chi connectivity index (χ0n) is 11.8. The van der Waals surface area contributed by atoms with Gasteiger partial charge in [0.05, 0.1) is 17.3 Å². The molecule has 1 heterocycles. The van der Waals surface area contributed by atoms with Gasteiger partial charge in [-0.25, -0.2) is 0 Å². The van der Waals surface area contributed by atoms with E-state index in [-0.39, 0.29) is 6.04 Å². The maximum absolute atomic E-state index is 6.24. The summed E-state index contributed by atoms with van der Waals surface area (Å²) in [4.78, 5) is 0. The first-order chi connectivity index (χ1) is 10.2. The van der Waals surface area contributed by atoms with Crippen LogP contribution in [-0.4, -0.2) is 9.78 Å². The van der Waals surface area contributed by atoms with Crippen molar-refractivity contribution in [3.63, 3.8) is 0 Å². The van der Waals surface area contributed by atoms with Crippen LogP contribution >= 0.6 is 11.6 Å². The summed E-state index contributed by atoms with van der Waals surface area (Å²) in [6.45, 7) is 0. The van der Waals surface area contributed by atoms with E-state index in [1.165, 1.54) is 0 Å². The topological polar surface area (TPSA) is 55.9 Å². The second-order valence-electron chi connectivity index (χ2n) is 5.04. The third-order valence-corrected chi connectivity index (χ3v) is 4.07. The minimum atomic E-state index is -0.0870. The maximum Gasteiger partial charge on any atom is 0.0889 e. The van der Waals surface area contributed by atoms with Crippen LogP contribution in [-0.2, 0) is 13.5 Å². The summed E-state index contributed by atoms with van der Waals surface area (Å²) in [6.07, 6.45) is 0.692. The molecule has 108 valence electrons. The van der Waals surface area contributed by atoms with Crippen LogP contribution in [0.2, 0.25) is 5.02 Å². The summed E-state index contributed by atoms with van der Waals surface area (Å²) in [5, 5.41) is 6.47. The Hall–Kier alpha value is -1.88. The lowest BCUT2D eigenvalue weighted by atomic mass is 10.0. The molecular formula is C16H17ClN4. The fraction of sp³-hybridized carbons (Fsp3) is 0.188. The van der Waals surface area contributed by atoms with E-state index in [1.54, 1.807) is 0 Å². The molecule has 2 aromatic carbocycles. The van der Waals surface area contributed by atoms with Crippen LogP contribution < -0.4 is 11.3 Å². The molecule has 0 aliphatic carbocycles. The number of hydrogen-bond acceptors (Lipinski definition) is 3. The summed E-state index contributed by atoms with van der Waals surface area (Å²) in [6, 6.07) is 15.8. The Kier molecular flexibility index (Phi) is 3.92. The van der Waals surface area contributed by atoms with Crippen LogP contribution in [0.15, 0.2) is 48.5 Å². The highest BCUT2D eigenvalue weighted by atomic mass is 35.5. The Labute approximate surface area is 128 Å². The van der Waals surface area contributed by atoms with E-state index in [4.69, 9.17) is 17.4 Å². The molecule has 5 heteroatoms. The van der Waals surface area contributed by atoms with Gasteiger partial charge in [0.1, 0.15) is 0 Å². The Morgan fingerprint density at radius 1 is 1.19 bits per heavy atom. The molecule has 3 N–H and O–H groups in total. The van der Waals surface area contributed by atoms with Gasteiger partial charge in [0.2, 0.25) is 0 Å². The number of para-hydroxylation sites is 1. The zero-order chi connectivity index (χ0) is 14.8. The van der Waals surface area contributed by atoms with Crippen LogP contribution in [0.3, 0.4) is 0 Å². The maximum atomic E-state index is 6.24. The van der Waals surface area contributed by atoms with Gasteiger partial charge in [-0.1, -0.05) is 48.0 Å². The van der Waals surface area contributed by atoms with Gasteiger partial charge >= 0.3 is 0 Å². The van der Waals surface area contributed by atoms with E-state index in [0.29, 0.717) is 6.42 Å². The molecule has 0 aliphatic rings. The van der Waals surface area contributed by atoms with E-state index in [0.717, 1.165) is 27.2 Å². The largest absolute Gasteiger partial charge is 0.271 e. The molecule has 4 nitrogen and oxygen atoms in total. The highest BCUT2D eigenvalue weighted by molar-refractivity contribution is 6.31. The summed E-state index contributed by atoms with van der Waals surface area (Å²) in [5.74, 6) is 5.76. The molecule has 0 saturated carbocycles. The van der Waals surface area contributed by atoms with Gasteiger partial charge in [-0.15, -0.1) is 0 Å². The lowest BCUT2D eigenvalue weighted by molar-refractivity contribution is 0.532. The molecule has 3 aromatic rings. The monoisotopic (exact) mass is 300 g/mol. The van der Waals surface area contributed by atoms with E-state index in [1.807, 2.05) is 48.1 Å². The fourth-order valence-corrected chi connectivity index (χ4v) is 2.83. The Morgan fingerprint density at radius 2 is 1.90 bits per heavy atom. The molecule has 1 atom stereocenters. The normalized spacial score (nSPS) is 12.7. The predicted octanol–water partition coefficient (Wildman–Crippen LogP) is 2.97. The summed E-state index contributed by atoms with van der Waals surface area (Å²) in [5.41, 5.74) is 5.95. The number of nitrogens with two attached hydrogens (primary N) is 1. The van der Waals surface area contributed by atoms with Gasteiger partial charge in [0, 0.05) is 17.5 Å². The van der Waals surface area contributed by atoms with Crippen LogP contribution in [0.25, 0.3) is 10.9 Å². The molecule has 1 unspecified atom stereocenters. The van der Waals surface area contributed by atoms with E-state index >= 15 is 0 Å². The van der Waals surface area contributed by atoms with Crippen molar-refractivity contribution in [1.82, 2.24) is 15.2 Å². The molecule has 3 rings (SSSR count). The van der Waals surface area contributed by atoms with Gasteiger partial charge in [-0.2, -0.15) is 5.10 Å². The Morgan fingerprint density at radius 3 is 2.67 bits per heavy atom. The second-order valence-corrected chi connectivity index (χ2v) is 5.45. The number of fused-ring (bicyclic) bond motifs is 1. The van der Waals surface area contributed by atoms with Crippen molar-refractivity contribution in [2.45, 2.75) is 12.5 Å². The summed E-state index contributed by atoms with van der Waals surface area (Å²) < 4.78 is 1.88. The average molecular weight is 301 g/mol. The quantitative estimate of drug-likeness (QED) is 0.575. The van der Waals surface area contributed by atoms with Crippen LogP contribution in [0.5, 0.6) is 0 Å². The van der Waals surface area contributed by atoms with Crippen molar-refractivity contribution < 1.29 is 0 Å². The number of benzene rings is 2. The third-order valence-electron chi connectivity index (χ3n) is 3.70. The van der Waals surface area contributed by atoms with Crippen molar-refractivity contribution in [2.24, 2.45) is 12.9 Å². The van der Waals surface area contributed by atoms with E-state index < -0.39 is 0 Å². The number of hydrogen-bond donors (Lipinski definition) is 2. The Bertz CT molecular complexity index is 766. The molecule has 0 fully saturated rings. The minimum Gasteiger partial charge on any atom is -0.271 e. The lowest BCUT2D eigenvalue weighted by Crippen LogP contribution is -2.30. The van der Waals surface area contributed by atoms with Crippen LogP contribution in [0, 0.1) is 0 Å². The van der Waals surface area contributed by atoms with Crippen molar-refractivity contribution in [1.29, 1.82) is 0 Å². The molecular weight excluding hydrogens is 284 g/mol. The van der Waals surface area contributed by atoms with Crippen molar-refractivity contribution in [3.05, 3.63) is 64.8 Å². The highest BCUT2D eigenvalue weighted by Crippen LogP contribution is 2.27. The fourth-order valence-electron chi connectivity index (χ4n) is 2.62. The Balaban J connectivity index is 2.01. The van der Waals surface area contributed by atoms with Gasteiger partial charge in [-0.3, -0.25) is 16.0 Å². The summed E-state index contributed by atoms with van der Waals surface area (Å²) in [7, 11) is 1.94. The molecule has 0 bridgehead atoms. The number of aryl methyl sites for hydroxylation is 1. The SMILES string of the molecule is Cn1nc(C(Cc2ccccc2Cl)NN)c2ccccc21. The molecule has 0 amide bonds. The molecule has 21 heavy (non-hydrogen) atoms. The number of nitrogens with one attached hydrogen (secondary N) is 1. The van der Waals surface area contributed by atoms with Gasteiger partial charge in [0.15, 0.2) is 0 Å². The van der Waals surface area contributed by atoms with Gasteiger partial charge < -0.3 is 0 Å². The van der Waals surface area contributed by atoms with Crippen LogP contribution in [0.1, 0.15) is 17.3 Å². The first-order valence-corrected chi connectivity index (χ1v) is 7.19. The zero-order valence-corrected chi connectivity index (χ0v) is 12.5. The van der Waals surface area contributed by atoms with E-state index in [2.05, 4.69) is 22.7 Å². The number of hydrazine groups is 1. The minimum absolute atomic E-state index is 0.0870. The number of rotatable bonds is 4. The van der Waals surface area contributed by atoms with Gasteiger partial charge in [0.25, 0.3) is 0 Å². The first-order valence-electron chi connectivity index (χ1n) is 6.82. The molecule has 0 spiro atoms. The second kappa shape index (κ2) is 5.85. The number of halogens is 1. The predicted molar refractivity (Wildman–Crippen MR) is 85.9 cm³/mol. The first kappa shape index (κ1) is 14.1. The third kappa shape index (κ3) is 2.65. The standard InChI is InChI=1S/C16H17ClN4/c1-21-15-9-5-3-7-12(15)16(20-21)14(19-18)10-11-6-2-4-8-13(11)17/h2-9,14,19H,10,18H2,1H3. The smallest absolute Gasteiger partial charge is 0.0889 e. The van der Waals surface area contributed by atoms with Crippen LogP contribution in [0.4, 0.5) is 0 Å². The lowest BCUT2D eigenvalue weighted by Gasteiger charge is -2.15.